The molecule has 0 N–H and O–H groups in total. The van der Waals surface area contributed by atoms with E-state index in [4.69, 9.17) is 12.2 Å². The van der Waals surface area contributed by atoms with Gasteiger partial charge < -0.3 is 9.80 Å². The molecule has 1 aromatic heterocycles. The van der Waals surface area contributed by atoms with E-state index >= 15 is 0 Å². The fourth-order valence-corrected chi connectivity index (χ4v) is 6.51. The average molecular weight is 588 g/mol. The number of para-hydroxylation sites is 1. The highest BCUT2D eigenvalue weighted by molar-refractivity contribution is 8.26. The monoisotopic (exact) mass is 587 g/mol. The summed E-state index contributed by atoms with van der Waals surface area (Å²) in [7, 11) is 0. The number of nitriles is 1. The molecular formula is C31H30FN5O2S2. The van der Waals surface area contributed by atoms with Crippen molar-refractivity contribution in [1.29, 1.82) is 5.26 Å². The van der Waals surface area contributed by atoms with Crippen LogP contribution in [0.15, 0.2) is 64.3 Å². The SMILES string of the molecule is CCCn1c(N2CCN(c3ccccc3)CC2)c(C=C2SC(=S)N(Cc3ccc(F)cc3)C2=O)c(C)c(C#N)c1=O. The van der Waals surface area contributed by atoms with Gasteiger partial charge in [0.25, 0.3) is 11.5 Å². The number of amides is 1. The Labute approximate surface area is 248 Å². The van der Waals surface area contributed by atoms with Gasteiger partial charge in [0.2, 0.25) is 0 Å². The molecule has 0 aliphatic carbocycles. The molecule has 5 rings (SSSR count). The van der Waals surface area contributed by atoms with Crippen molar-refractivity contribution in [3.8, 4) is 6.07 Å². The number of carbonyl (C=O) groups is 1. The number of rotatable bonds is 7. The number of piperazine rings is 1. The minimum atomic E-state index is -0.345. The van der Waals surface area contributed by atoms with Gasteiger partial charge in [0.15, 0.2) is 0 Å². The Morgan fingerprint density at radius 1 is 1.02 bits per heavy atom. The summed E-state index contributed by atoms with van der Waals surface area (Å²) in [6.45, 7) is 7.33. The van der Waals surface area contributed by atoms with E-state index in [1.54, 1.807) is 29.7 Å². The van der Waals surface area contributed by atoms with Crippen LogP contribution < -0.4 is 15.4 Å². The van der Waals surface area contributed by atoms with Crippen molar-refractivity contribution in [3.63, 3.8) is 0 Å². The Morgan fingerprint density at radius 3 is 2.32 bits per heavy atom. The highest BCUT2D eigenvalue weighted by Crippen LogP contribution is 2.37. The number of halogens is 1. The maximum atomic E-state index is 13.5. The summed E-state index contributed by atoms with van der Waals surface area (Å²) in [4.78, 5) is 33.5. The van der Waals surface area contributed by atoms with Crippen LogP contribution in [0.5, 0.6) is 0 Å². The third kappa shape index (κ3) is 5.78. The first-order valence-electron chi connectivity index (χ1n) is 13.5. The summed E-state index contributed by atoms with van der Waals surface area (Å²) in [6.07, 6.45) is 2.49. The van der Waals surface area contributed by atoms with E-state index in [9.17, 15) is 19.2 Å². The van der Waals surface area contributed by atoms with Crippen molar-refractivity contribution in [2.24, 2.45) is 0 Å². The Kier molecular flexibility index (Phi) is 8.57. The van der Waals surface area contributed by atoms with Gasteiger partial charge in [-0.25, -0.2) is 4.39 Å². The van der Waals surface area contributed by atoms with Gasteiger partial charge in [-0.3, -0.25) is 19.1 Å². The zero-order valence-corrected chi connectivity index (χ0v) is 24.6. The number of hydrogen-bond donors (Lipinski definition) is 0. The molecular weight excluding hydrogens is 558 g/mol. The van der Waals surface area contributed by atoms with Crippen LogP contribution in [0.2, 0.25) is 0 Å². The second kappa shape index (κ2) is 12.3. The largest absolute Gasteiger partial charge is 0.368 e. The van der Waals surface area contributed by atoms with Gasteiger partial charge in [0, 0.05) is 44.0 Å². The average Bonchev–Trinajstić information content (AvgIpc) is 3.25. The minimum absolute atomic E-state index is 0.0816. The van der Waals surface area contributed by atoms with Crippen molar-refractivity contribution < 1.29 is 9.18 Å². The molecule has 0 unspecified atom stereocenters. The quantitative estimate of drug-likeness (QED) is 0.274. The molecule has 2 aliphatic heterocycles. The van der Waals surface area contributed by atoms with Gasteiger partial charge >= 0.3 is 0 Å². The number of carbonyl (C=O) groups excluding carboxylic acids is 1. The summed E-state index contributed by atoms with van der Waals surface area (Å²) in [5.41, 5.74) is 2.92. The van der Waals surface area contributed by atoms with Crippen molar-refractivity contribution in [2.45, 2.75) is 33.4 Å². The third-order valence-electron chi connectivity index (χ3n) is 7.40. The summed E-state index contributed by atoms with van der Waals surface area (Å²) in [5.74, 6) is 0.127. The van der Waals surface area contributed by atoms with Crippen LogP contribution >= 0.6 is 24.0 Å². The molecule has 2 aliphatic rings. The molecule has 0 spiro atoms. The molecule has 3 heterocycles. The van der Waals surface area contributed by atoms with Crippen LogP contribution in [0, 0.1) is 24.1 Å². The maximum absolute atomic E-state index is 13.5. The standard InChI is InChI=1S/C31H30FN5O2S2/c1-3-13-36-28(35-16-14-34(15-17-35)24-7-5-4-6-8-24)25(21(2)26(19-33)29(36)38)18-27-30(39)37(31(40)41-27)20-22-9-11-23(32)12-10-22/h4-12,18H,3,13-17,20H2,1-2H3. The fraction of sp³-hybridized carbons (Fsp3) is 0.290. The molecule has 2 aromatic carbocycles. The van der Waals surface area contributed by atoms with Crippen LogP contribution in [0.3, 0.4) is 0 Å². The van der Waals surface area contributed by atoms with E-state index in [1.165, 1.54) is 28.8 Å². The van der Waals surface area contributed by atoms with Gasteiger partial charge in [-0.05, 0) is 54.8 Å². The number of pyridine rings is 1. The molecule has 2 fully saturated rings. The lowest BCUT2D eigenvalue weighted by atomic mass is 10.0. The Hall–Kier alpha value is -3.94. The number of anilines is 2. The molecule has 0 saturated carbocycles. The first-order chi connectivity index (χ1) is 19.8. The summed E-state index contributed by atoms with van der Waals surface area (Å²) in [6, 6.07) is 18.3. The predicted octanol–water partition coefficient (Wildman–Crippen LogP) is 5.31. The Morgan fingerprint density at radius 2 is 1.68 bits per heavy atom. The van der Waals surface area contributed by atoms with Crippen LogP contribution in [-0.4, -0.2) is 45.9 Å². The molecule has 0 radical (unpaired) electrons. The topological polar surface area (TPSA) is 72.6 Å². The smallest absolute Gasteiger partial charge is 0.270 e. The molecule has 7 nitrogen and oxygen atoms in total. The summed E-state index contributed by atoms with van der Waals surface area (Å²) >= 11 is 6.75. The van der Waals surface area contributed by atoms with Crippen molar-refractivity contribution >= 4 is 51.8 Å². The van der Waals surface area contributed by atoms with E-state index in [0.29, 0.717) is 46.4 Å². The first-order valence-corrected chi connectivity index (χ1v) is 14.8. The van der Waals surface area contributed by atoms with Crippen LogP contribution in [0.1, 0.15) is 35.6 Å². The fourth-order valence-electron chi connectivity index (χ4n) is 5.27. The minimum Gasteiger partial charge on any atom is -0.368 e. The maximum Gasteiger partial charge on any atom is 0.270 e. The number of benzene rings is 2. The Bertz CT molecular complexity index is 1600. The highest BCUT2D eigenvalue weighted by atomic mass is 32.2. The summed E-state index contributed by atoms with van der Waals surface area (Å²) < 4.78 is 15.5. The number of thioether (sulfide) groups is 1. The highest BCUT2D eigenvalue weighted by Gasteiger charge is 2.34. The normalized spacial score (nSPS) is 16.5. The lowest BCUT2D eigenvalue weighted by molar-refractivity contribution is -0.122. The third-order valence-corrected chi connectivity index (χ3v) is 8.77. The van der Waals surface area contributed by atoms with Gasteiger partial charge in [0.1, 0.15) is 27.6 Å². The lowest BCUT2D eigenvalue weighted by Crippen LogP contribution is -2.48. The van der Waals surface area contributed by atoms with E-state index in [-0.39, 0.29) is 29.4 Å². The van der Waals surface area contributed by atoms with Gasteiger partial charge in [-0.2, -0.15) is 5.26 Å². The molecule has 1 amide bonds. The van der Waals surface area contributed by atoms with Crippen LogP contribution in [0.4, 0.5) is 15.9 Å². The molecule has 210 valence electrons. The van der Waals surface area contributed by atoms with E-state index < -0.39 is 0 Å². The molecule has 0 bridgehead atoms. The Balaban J connectivity index is 1.53. The van der Waals surface area contributed by atoms with E-state index in [0.717, 1.165) is 30.2 Å². The van der Waals surface area contributed by atoms with E-state index in [2.05, 4.69) is 28.0 Å². The van der Waals surface area contributed by atoms with Gasteiger partial charge in [0.05, 0.1) is 11.4 Å². The molecule has 3 aromatic rings. The van der Waals surface area contributed by atoms with Crippen molar-refractivity contribution in [2.75, 3.05) is 36.0 Å². The number of nitrogens with zero attached hydrogens (tertiary/aromatic N) is 5. The van der Waals surface area contributed by atoms with Crippen molar-refractivity contribution in [1.82, 2.24) is 9.47 Å². The molecule has 0 atom stereocenters. The second-order valence-electron chi connectivity index (χ2n) is 10.0. The number of aromatic nitrogens is 1. The lowest BCUT2D eigenvalue weighted by Gasteiger charge is -2.39. The predicted molar refractivity (Wildman–Crippen MR) is 166 cm³/mol. The van der Waals surface area contributed by atoms with Crippen LogP contribution in [0.25, 0.3) is 6.08 Å². The molecule has 10 heteroatoms. The van der Waals surface area contributed by atoms with E-state index in [1.807, 2.05) is 25.1 Å². The van der Waals surface area contributed by atoms with Gasteiger partial charge in [-0.15, -0.1) is 0 Å². The number of thiocarbonyl (C=S) groups is 1. The van der Waals surface area contributed by atoms with Gasteiger partial charge in [-0.1, -0.05) is 61.2 Å². The number of hydrogen-bond acceptors (Lipinski definition) is 7. The van der Waals surface area contributed by atoms with Crippen molar-refractivity contribution in [3.05, 3.63) is 97.9 Å². The summed E-state index contributed by atoms with van der Waals surface area (Å²) in [5, 5.41) is 9.93. The van der Waals surface area contributed by atoms with Crippen LogP contribution in [-0.2, 0) is 17.9 Å². The molecule has 41 heavy (non-hydrogen) atoms. The zero-order chi connectivity index (χ0) is 29.1. The second-order valence-corrected chi connectivity index (χ2v) is 11.7. The molecule has 2 saturated heterocycles. The zero-order valence-electron chi connectivity index (χ0n) is 23.0. The first kappa shape index (κ1) is 28.6.